The maximum atomic E-state index is 12.1. The smallest absolute Gasteiger partial charge is 0.252 e. The SMILES string of the molecule is CCc1ccc(C(=O)NC(C)(CC)/C(N)=N/O)cc1. The second-order valence-corrected chi connectivity index (χ2v) is 4.68. The topological polar surface area (TPSA) is 87.7 Å². The van der Waals surface area contributed by atoms with Gasteiger partial charge in [-0.2, -0.15) is 0 Å². The van der Waals surface area contributed by atoms with Gasteiger partial charge in [0, 0.05) is 5.56 Å². The molecule has 5 heteroatoms. The first-order valence-electron chi connectivity index (χ1n) is 6.36. The van der Waals surface area contributed by atoms with Crippen LogP contribution >= 0.6 is 0 Å². The predicted molar refractivity (Wildman–Crippen MR) is 75.4 cm³/mol. The summed E-state index contributed by atoms with van der Waals surface area (Å²) in [4.78, 5) is 12.1. The Balaban J connectivity index is 2.88. The molecule has 1 rings (SSSR count). The zero-order valence-electron chi connectivity index (χ0n) is 11.6. The first-order valence-corrected chi connectivity index (χ1v) is 6.36. The third kappa shape index (κ3) is 3.47. The van der Waals surface area contributed by atoms with E-state index in [-0.39, 0.29) is 11.7 Å². The molecule has 0 bridgehead atoms. The molecule has 0 saturated carbocycles. The Hall–Kier alpha value is -2.04. The molecule has 1 amide bonds. The molecule has 1 atom stereocenters. The van der Waals surface area contributed by atoms with Crippen molar-refractivity contribution in [1.29, 1.82) is 0 Å². The van der Waals surface area contributed by atoms with Crippen LogP contribution in [0.4, 0.5) is 0 Å². The van der Waals surface area contributed by atoms with Crippen molar-refractivity contribution in [3.05, 3.63) is 35.4 Å². The van der Waals surface area contributed by atoms with E-state index < -0.39 is 5.54 Å². The normalized spacial score (nSPS) is 14.8. The number of benzene rings is 1. The Labute approximate surface area is 113 Å². The lowest BCUT2D eigenvalue weighted by atomic mass is 9.96. The van der Waals surface area contributed by atoms with E-state index in [4.69, 9.17) is 10.9 Å². The molecule has 1 aromatic carbocycles. The van der Waals surface area contributed by atoms with E-state index >= 15 is 0 Å². The number of carbonyl (C=O) groups excluding carboxylic acids is 1. The molecule has 1 unspecified atom stereocenters. The van der Waals surface area contributed by atoms with Crippen LogP contribution in [0.3, 0.4) is 0 Å². The minimum Gasteiger partial charge on any atom is -0.409 e. The fourth-order valence-corrected chi connectivity index (χ4v) is 1.66. The van der Waals surface area contributed by atoms with E-state index in [1.807, 2.05) is 19.1 Å². The molecule has 5 nitrogen and oxygen atoms in total. The molecule has 0 aliphatic carbocycles. The van der Waals surface area contributed by atoms with Crippen molar-refractivity contribution in [2.24, 2.45) is 10.9 Å². The van der Waals surface area contributed by atoms with Gasteiger partial charge in [0.1, 0.15) is 0 Å². The second kappa shape index (κ2) is 6.22. The van der Waals surface area contributed by atoms with Gasteiger partial charge in [0.25, 0.3) is 5.91 Å². The van der Waals surface area contributed by atoms with Crippen LogP contribution in [-0.2, 0) is 6.42 Å². The number of oxime groups is 1. The van der Waals surface area contributed by atoms with Crippen LogP contribution in [0.2, 0.25) is 0 Å². The Kier molecular flexibility index (Phi) is 4.92. The highest BCUT2D eigenvalue weighted by Crippen LogP contribution is 2.12. The molecule has 1 aromatic rings. The Morgan fingerprint density at radius 2 is 1.95 bits per heavy atom. The minimum absolute atomic E-state index is 0.00599. The number of aryl methyl sites for hydroxylation is 1. The van der Waals surface area contributed by atoms with E-state index in [9.17, 15) is 4.79 Å². The Bertz CT molecular complexity index is 468. The number of nitrogens with two attached hydrogens (primary N) is 1. The molecular weight excluding hydrogens is 242 g/mol. The van der Waals surface area contributed by atoms with Crippen LogP contribution < -0.4 is 11.1 Å². The van der Waals surface area contributed by atoms with E-state index in [0.717, 1.165) is 6.42 Å². The fourth-order valence-electron chi connectivity index (χ4n) is 1.66. The number of nitrogens with one attached hydrogen (secondary N) is 1. The molecule has 0 radical (unpaired) electrons. The molecular formula is C14H21N3O2. The van der Waals surface area contributed by atoms with E-state index in [2.05, 4.69) is 17.4 Å². The molecule has 0 aromatic heterocycles. The van der Waals surface area contributed by atoms with Gasteiger partial charge in [0.15, 0.2) is 5.84 Å². The van der Waals surface area contributed by atoms with Crippen molar-refractivity contribution in [2.45, 2.75) is 39.2 Å². The van der Waals surface area contributed by atoms with Gasteiger partial charge < -0.3 is 16.3 Å². The monoisotopic (exact) mass is 263 g/mol. The Morgan fingerprint density at radius 1 is 1.37 bits per heavy atom. The van der Waals surface area contributed by atoms with E-state index in [0.29, 0.717) is 12.0 Å². The minimum atomic E-state index is -0.852. The molecule has 0 fully saturated rings. The summed E-state index contributed by atoms with van der Waals surface area (Å²) in [6, 6.07) is 7.39. The lowest BCUT2D eigenvalue weighted by molar-refractivity contribution is 0.0925. The number of amides is 1. The molecule has 19 heavy (non-hydrogen) atoms. The van der Waals surface area contributed by atoms with Crippen LogP contribution in [-0.4, -0.2) is 22.5 Å². The zero-order valence-corrected chi connectivity index (χ0v) is 11.6. The van der Waals surface area contributed by atoms with E-state index in [1.54, 1.807) is 19.1 Å². The summed E-state index contributed by atoms with van der Waals surface area (Å²) in [5, 5.41) is 14.5. The molecule has 0 saturated heterocycles. The third-order valence-corrected chi connectivity index (χ3v) is 3.39. The van der Waals surface area contributed by atoms with Crippen LogP contribution in [0.5, 0.6) is 0 Å². The van der Waals surface area contributed by atoms with Crippen molar-refractivity contribution in [3.8, 4) is 0 Å². The molecule has 0 aliphatic rings. The summed E-state index contributed by atoms with van der Waals surface area (Å²) in [7, 11) is 0. The fraction of sp³-hybridized carbons (Fsp3) is 0.429. The van der Waals surface area contributed by atoms with Gasteiger partial charge in [-0.3, -0.25) is 4.79 Å². The van der Waals surface area contributed by atoms with Gasteiger partial charge in [-0.1, -0.05) is 31.1 Å². The Morgan fingerprint density at radius 3 is 2.37 bits per heavy atom. The van der Waals surface area contributed by atoms with Gasteiger partial charge >= 0.3 is 0 Å². The maximum Gasteiger partial charge on any atom is 0.252 e. The maximum absolute atomic E-state index is 12.1. The number of nitrogens with zero attached hydrogens (tertiary/aromatic N) is 1. The van der Waals surface area contributed by atoms with Gasteiger partial charge in [0.2, 0.25) is 0 Å². The van der Waals surface area contributed by atoms with Gasteiger partial charge in [-0.15, -0.1) is 0 Å². The van der Waals surface area contributed by atoms with Crippen molar-refractivity contribution in [2.75, 3.05) is 0 Å². The number of hydrogen-bond donors (Lipinski definition) is 3. The lowest BCUT2D eigenvalue weighted by Crippen LogP contribution is -2.55. The van der Waals surface area contributed by atoms with Crippen LogP contribution in [0.1, 0.15) is 43.1 Å². The molecule has 4 N–H and O–H groups in total. The first kappa shape index (κ1) is 15.0. The number of hydrogen-bond acceptors (Lipinski definition) is 3. The van der Waals surface area contributed by atoms with Crippen LogP contribution in [0, 0.1) is 0 Å². The summed E-state index contributed by atoms with van der Waals surface area (Å²) in [5.41, 5.74) is 6.50. The molecule has 0 spiro atoms. The summed E-state index contributed by atoms with van der Waals surface area (Å²) in [6.07, 6.45) is 1.46. The average Bonchev–Trinajstić information content (AvgIpc) is 2.46. The van der Waals surface area contributed by atoms with Gasteiger partial charge in [0.05, 0.1) is 5.54 Å². The van der Waals surface area contributed by atoms with Crippen LogP contribution in [0.25, 0.3) is 0 Å². The van der Waals surface area contributed by atoms with E-state index in [1.165, 1.54) is 5.56 Å². The molecule has 0 heterocycles. The summed E-state index contributed by atoms with van der Waals surface area (Å²) < 4.78 is 0. The van der Waals surface area contributed by atoms with Crippen molar-refractivity contribution in [1.82, 2.24) is 5.32 Å². The summed E-state index contributed by atoms with van der Waals surface area (Å²) >= 11 is 0. The summed E-state index contributed by atoms with van der Waals surface area (Å²) in [5.74, 6) is -0.243. The van der Waals surface area contributed by atoms with Crippen molar-refractivity contribution >= 4 is 11.7 Å². The van der Waals surface area contributed by atoms with Crippen molar-refractivity contribution < 1.29 is 10.0 Å². The average molecular weight is 263 g/mol. The molecule has 104 valence electrons. The largest absolute Gasteiger partial charge is 0.409 e. The highest BCUT2D eigenvalue weighted by molar-refractivity contribution is 6.00. The quantitative estimate of drug-likeness (QED) is 0.328. The second-order valence-electron chi connectivity index (χ2n) is 4.68. The summed E-state index contributed by atoms with van der Waals surface area (Å²) in [6.45, 7) is 5.64. The van der Waals surface area contributed by atoms with Gasteiger partial charge in [-0.05, 0) is 37.5 Å². The predicted octanol–water partition coefficient (Wildman–Crippen LogP) is 1.89. The number of amidine groups is 1. The standard InChI is InChI=1S/C14H21N3O2/c1-4-10-6-8-11(9-7-10)12(18)16-14(3,5-2)13(15)17-19/h6-9,19H,4-5H2,1-3H3,(H2,15,17)(H,16,18). The highest BCUT2D eigenvalue weighted by Gasteiger charge is 2.29. The van der Waals surface area contributed by atoms with Gasteiger partial charge in [-0.25, -0.2) is 0 Å². The third-order valence-electron chi connectivity index (χ3n) is 3.39. The van der Waals surface area contributed by atoms with Crippen LogP contribution in [0.15, 0.2) is 29.4 Å². The lowest BCUT2D eigenvalue weighted by Gasteiger charge is -2.28. The molecule has 0 aliphatic heterocycles. The highest BCUT2D eigenvalue weighted by atomic mass is 16.4. The number of carbonyl (C=O) groups is 1. The zero-order chi connectivity index (χ0) is 14.5. The van der Waals surface area contributed by atoms with Crippen molar-refractivity contribution in [3.63, 3.8) is 0 Å². The number of rotatable bonds is 5. The first-order chi connectivity index (χ1) is 8.96.